The van der Waals surface area contributed by atoms with E-state index in [-0.39, 0.29) is 6.61 Å². The molecule has 0 rings (SSSR count). The highest BCUT2D eigenvalue weighted by molar-refractivity contribution is 4.53. The van der Waals surface area contributed by atoms with Crippen LogP contribution < -0.4 is 5.73 Å². The molecule has 0 saturated heterocycles. The van der Waals surface area contributed by atoms with Crippen molar-refractivity contribution in [3.63, 3.8) is 0 Å². The first kappa shape index (κ1) is 10.9. The van der Waals surface area contributed by atoms with Crippen LogP contribution in [-0.4, -0.2) is 29.5 Å². The molecule has 3 heteroatoms. The Balaban J connectivity index is 2.89. The highest BCUT2D eigenvalue weighted by Gasteiger charge is 1.99. The largest absolute Gasteiger partial charge is 0.394 e. The lowest BCUT2D eigenvalue weighted by atomic mass is 10.1. The molecule has 1 unspecified atom stereocenters. The van der Waals surface area contributed by atoms with Crippen molar-refractivity contribution in [2.45, 2.75) is 38.2 Å². The lowest BCUT2D eigenvalue weighted by Crippen LogP contribution is -2.11. The molecule has 0 saturated carbocycles. The Hall–Kier alpha value is -0.120. The standard InChI is InChI=1S/C8H19NO2/c9-6-4-2-1-3-5-8(11)7-10/h8,10-11H,1-7,9H2. The minimum Gasteiger partial charge on any atom is -0.394 e. The van der Waals surface area contributed by atoms with Gasteiger partial charge in [-0.05, 0) is 19.4 Å². The molecule has 3 nitrogen and oxygen atoms in total. The zero-order chi connectivity index (χ0) is 8.53. The Kier molecular flexibility index (Phi) is 7.89. The van der Waals surface area contributed by atoms with Gasteiger partial charge in [0.2, 0.25) is 0 Å². The highest BCUT2D eigenvalue weighted by Crippen LogP contribution is 2.04. The van der Waals surface area contributed by atoms with Crippen LogP contribution in [0.1, 0.15) is 32.1 Å². The van der Waals surface area contributed by atoms with E-state index < -0.39 is 6.10 Å². The van der Waals surface area contributed by atoms with E-state index in [0.717, 1.165) is 32.2 Å². The molecule has 0 aliphatic carbocycles. The van der Waals surface area contributed by atoms with Gasteiger partial charge in [0.15, 0.2) is 0 Å². The van der Waals surface area contributed by atoms with Crippen molar-refractivity contribution in [1.29, 1.82) is 0 Å². The van der Waals surface area contributed by atoms with E-state index in [9.17, 15) is 0 Å². The first-order valence-electron chi connectivity index (χ1n) is 4.30. The van der Waals surface area contributed by atoms with Crippen molar-refractivity contribution in [2.24, 2.45) is 5.73 Å². The number of aliphatic hydroxyl groups is 2. The molecule has 0 aromatic rings. The molecule has 0 fully saturated rings. The summed E-state index contributed by atoms with van der Waals surface area (Å²) in [6.07, 6.45) is 4.48. The molecular weight excluding hydrogens is 142 g/mol. The third kappa shape index (κ3) is 7.78. The van der Waals surface area contributed by atoms with Crippen LogP contribution in [0.15, 0.2) is 0 Å². The van der Waals surface area contributed by atoms with Crippen LogP contribution in [0.4, 0.5) is 0 Å². The maximum atomic E-state index is 8.94. The fourth-order valence-electron chi connectivity index (χ4n) is 0.969. The maximum Gasteiger partial charge on any atom is 0.0770 e. The molecule has 0 heterocycles. The van der Waals surface area contributed by atoms with Crippen LogP contribution >= 0.6 is 0 Å². The van der Waals surface area contributed by atoms with E-state index in [2.05, 4.69) is 0 Å². The van der Waals surface area contributed by atoms with Gasteiger partial charge >= 0.3 is 0 Å². The molecular formula is C8H19NO2. The van der Waals surface area contributed by atoms with Gasteiger partial charge in [-0.15, -0.1) is 0 Å². The van der Waals surface area contributed by atoms with Crippen LogP contribution in [0.3, 0.4) is 0 Å². The van der Waals surface area contributed by atoms with Gasteiger partial charge in [-0.25, -0.2) is 0 Å². The quantitative estimate of drug-likeness (QED) is 0.469. The maximum absolute atomic E-state index is 8.94. The first-order valence-corrected chi connectivity index (χ1v) is 4.30. The Morgan fingerprint density at radius 1 is 1.09 bits per heavy atom. The van der Waals surface area contributed by atoms with E-state index in [1.54, 1.807) is 0 Å². The lowest BCUT2D eigenvalue weighted by molar-refractivity contribution is 0.0860. The van der Waals surface area contributed by atoms with Crippen LogP contribution in [0, 0.1) is 0 Å². The number of hydrogen-bond donors (Lipinski definition) is 3. The normalized spacial score (nSPS) is 13.4. The summed E-state index contributed by atoms with van der Waals surface area (Å²) in [5, 5.41) is 17.4. The average molecular weight is 161 g/mol. The Labute approximate surface area is 68.2 Å². The monoisotopic (exact) mass is 161 g/mol. The summed E-state index contributed by atoms with van der Waals surface area (Å²) >= 11 is 0. The number of rotatable bonds is 7. The van der Waals surface area contributed by atoms with Gasteiger partial charge in [-0.2, -0.15) is 0 Å². The van der Waals surface area contributed by atoms with E-state index in [1.165, 1.54) is 0 Å². The van der Waals surface area contributed by atoms with E-state index in [1.807, 2.05) is 0 Å². The van der Waals surface area contributed by atoms with E-state index in [0.29, 0.717) is 6.42 Å². The molecule has 4 N–H and O–H groups in total. The average Bonchev–Trinajstić information content (AvgIpc) is 2.04. The van der Waals surface area contributed by atoms with Crippen molar-refractivity contribution in [3.8, 4) is 0 Å². The van der Waals surface area contributed by atoms with Crippen molar-refractivity contribution in [3.05, 3.63) is 0 Å². The van der Waals surface area contributed by atoms with Gasteiger partial charge in [0.1, 0.15) is 0 Å². The van der Waals surface area contributed by atoms with Crippen LogP contribution in [0.2, 0.25) is 0 Å². The summed E-state index contributed by atoms with van der Waals surface area (Å²) in [6.45, 7) is 0.638. The molecule has 1 atom stereocenters. The minimum absolute atomic E-state index is 0.114. The van der Waals surface area contributed by atoms with Crippen LogP contribution in [0.25, 0.3) is 0 Å². The fraction of sp³-hybridized carbons (Fsp3) is 1.00. The summed E-state index contributed by atoms with van der Waals surface area (Å²) in [5.41, 5.74) is 5.31. The minimum atomic E-state index is -0.520. The lowest BCUT2D eigenvalue weighted by Gasteiger charge is -2.05. The van der Waals surface area contributed by atoms with Gasteiger partial charge in [-0.1, -0.05) is 19.3 Å². The molecule has 0 radical (unpaired) electrons. The van der Waals surface area contributed by atoms with Crippen molar-refractivity contribution >= 4 is 0 Å². The van der Waals surface area contributed by atoms with Crippen LogP contribution in [0.5, 0.6) is 0 Å². The SMILES string of the molecule is NCCCCCCC(O)CO. The zero-order valence-corrected chi connectivity index (χ0v) is 7.00. The first-order chi connectivity index (χ1) is 5.31. The Bertz CT molecular complexity index is 78.5. The number of unbranched alkanes of at least 4 members (excludes halogenated alkanes) is 3. The summed E-state index contributed by atoms with van der Waals surface area (Å²) in [4.78, 5) is 0. The number of aliphatic hydroxyl groups excluding tert-OH is 2. The molecule has 68 valence electrons. The summed E-state index contributed by atoms with van der Waals surface area (Å²) in [6, 6.07) is 0. The third-order valence-corrected chi connectivity index (χ3v) is 1.70. The molecule has 0 aromatic carbocycles. The Morgan fingerprint density at radius 3 is 2.27 bits per heavy atom. The van der Waals surface area contributed by atoms with Gasteiger partial charge < -0.3 is 15.9 Å². The topological polar surface area (TPSA) is 66.5 Å². The molecule has 0 aliphatic heterocycles. The second-order valence-electron chi connectivity index (χ2n) is 2.83. The fourth-order valence-corrected chi connectivity index (χ4v) is 0.969. The summed E-state index contributed by atoms with van der Waals surface area (Å²) in [5.74, 6) is 0. The van der Waals surface area contributed by atoms with Gasteiger partial charge in [-0.3, -0.25) is 0 Å². The van der Waals surface area contributed by atoms with Crippen molar-refractivity contribution in [1.82, 2.24) is 0 Å². The second-order valence-corrected chi connectivity index (χ2v) is 2.83. The third-order valence-electron chi connectivity index (χ3n) is 1.70. The smallest absolute Gasteiger partial charge is 0.0770 e. The predicted octanol–water partition coefficient (Wildman–Crippen LogP) is 0.249. The zero-order valence-electron chi connectivity index (χ0n) is 7.00. The number of nitrogens with two attached hydrogens (primary N) is 1. The van der Waals surface area contributed by atoms with E-state index in [4.69, 9.17) is 15.9 Å². The molecule has 0 aromatic heterocycles. The molecule has 11 heavy (non-hydrogen) atoms. The summed E-state index contributed by atoms with van der Waals surface area (Å²) < 4.78 is 0. The molecule has 0 spiro atoms. The summed E-state index contributed by atoms with van der Waals surface area (Å²) in [7, 11) is 0. The molecule has 0 bridgehead atoms. The van der Waals surface area contributed by atoms with Gasteiger partial charge in [0, 0.05) is 0 Å². The van der Waals surface area contributed by atoms with Crippen molar-refractivity contribution in [2.75, 3.05) is 13.2 Å². The molecule has 0 aliphatic rings. The van der Waals surface area contributed by atoms with Crippen molar-refractivity contribution < 1.29 is 10.2 Å². The predicted molar refractivity (Wildman–Crippen MR) is 45.2 cm³/mol. The van der Waals surface area contributed by atoms with Gasteiger partial charge in [0.05, 0.1) is 12.7 Å². The number of hydrogen-bond acceptors (Lipinski definition) is 3. The highest BCUT2D eigenvalue weighted by atomic mass is 16.3. The molecule has 0 amide bonds. The van der Waals surface area contributed by atoms with Gasteiger partial charge in [0.25, 0.3) is 0 Å². The van der Waals surface area contributed by atoms with E-state index >= 15 is 0 Å². The Morgan fingerprint density at radius 2 is 1.73 bits per heavy atom. The van der Waals surface area contributed by atoms with Crippen LogP contribution in [-0.2, 0) is 0 Å². The second kappa shape index (κ2) is 7.98.